The molecule has 0 aliphatic carbocycles. The first-order chi connectivity index (χ1) is 15.4. The van der Waals surface area contributed by atoms with Gasteiger partial charge >= 0.3 is 6.03 Å². The van der Waals surface area contributed by atoms with Crippen LogP contribution in [0.4, 0.5) is 27.9 Å². The van der Waals surface area contributed by atoms with Crippen LogP contribution in [0, 0.1) is 0 Å². The van der Waals surface area contributed by atoms with Crippen molar-refractivity contribution >= 4 is 52.4 Å². The van der Waals surface area contributed by atoms with Crippen molar-refractivity contribution in [2.45, 2.75) is 13.0 Å². The number of halogens is 2. The summed E-state index contributed by atoms with van der Waals surface area (Å²) >= 11 is 12.3. The first-order valence-electron chi connectivity index (χ1n) is 9.70. The molecule has 0 saturated heterocycles. The molecule has 8 nitrogen and oxygen atoms in total. The molecule has 2 amide bonds. The highest BCUT2D eigenvalue weighted by Gasteiger charge is 2.22. The van der Waals surface area contributed by atoms with Crippen LogP contribution in [0.5, 0.6) is 5.75 Å². The third kappa shape index (κ3) is 5.79. The standard InChI is InChI=1S/C22H23Cl2N5O3/c1-14(13-31-2)26-21-25-12-11-19(28-21)29(15-7-9-16(32-3)10-8-15)22(30)27-18-6-4-5-17(23)20(18)24/h4-12,14H,13H2,1-3H3,(H,27,30)(H,25,26,28). The Kier molecular flexibility index (Phi) is 8.10. The van der Waals surface area contributed by atoms with Gasteiger partial charge in [-0.05, 0) is 43.3 Å². The molecule has 0 aliphatic heterocycles. The van der Waals surface area contributed by atoms with E-state index in [0.29, 0.717) is 40.5 Å². The number of urea groups is 1. The second-order valence-electron chi connectivity index (χ2n) is 6.80. The summed E-state index contributed by atoms with van der Waals surface area (Å²) in [5, 5.41) is 6.52. The van der Waals surface area contributed by atoms with Gasteiger partial charge in [0.1, 0.15) is 11.6 Å². The molecule has 1 heterocycles. The van der Waals surface area contributed by atoms with Gasteiger partial charge < -0.3 is 20.1 Å². The fourth-order valence-electron chi connectivity index (χ4n) is 2.91. The lowest BCUT2D eigenvalue weighted by Crippen LogP contribution is -2.32. The van der Waals surface area contributed by atoms with E-state index in [0.717, 1.165) is 0 Å². The van der Waals surface area contributed by atoms with E-state index in [1.165, 1.54) is 4.90 Å². The molecular formula is C22H23Cl2N5O3. The molecule has 1 unspecified atom stereocenters. The summed E-state index contributed by atoms with van der Waals surface area (Å²) in [5.74, 6) is 1.37. The molecule has 1 aromatic heterocycles. The van der Waals surface area contributed by atoms with Crippen molar-refractivity contribution in [3.8, 4) is 5.75 Å². The van der Waals surface area contributed by atoms with Crippen LogP contribution >= 0.6 is 23.2 Å². The largest absolute Gasteiger partial charge is 0.497 e. The minimum absolute atomic E-state index is 0.0243. The maximum Gasteiger partial charge on any atom is 0.332 e. The number of carbonyl (C=O) groups excluding carboxylic acids is 1. The smallest absolute Gasteiger partial charge is 0.332 e. The van der Waals surface area contributed by atoms with Gasteiger partial charge in [0.25, 0.3) is 0 Å². The topological polar surface area (TPSA) is 88.6 Å². The minimum atomic E-state index is -0.478. The second-order valence-corrected chi connectivity index (χ2v) is 7.59. The lowest BCUT2D eigenvalue weighted by Gasteiger charge is -2.23. The van der Waals surface area contributed by atoms with Gasteiger partial charge in [0.2, 0.25) is 5.95 Å². The van der Waals surface area contributed by atoms with Gasteiger partial charge in [-0.25, -0.2) is 14.7 Å². The number of aromatic nitrogens is 2. The van der Waals surface area contributed by atoms with E-state index < -0.39 is 6.03 Å². The van der Waals surface area contributed by atoms with Gasteiger partial charge in [0.05, 0.1) is 35.1 Å². The third-order valence-corrected chi connectivity index (χ3v) is 5.21. The van der Waals surface area contributed by atoms with E-state index in [1.54, 1.807) is 68.9 Å². The highest BCUT2D eigenvalue weighted by atomic mass is 35.5. The molecular weight excluding hydrogens is 453 g/mol. The summed E-state index contributed by atoms with van der Waals surface area (Å²) in [5.41, 5.74) is 0.944. The van der Waals surface area contributed by atoms with Gasteiger partial charge in [0.15, 0.2) is 0 Å². The van der Waals surface area contributed by atoms with Gasteiger partial charge in [-0.1, -0.05) is 29.3 Å². The van der Waals surface area contributed by atoms with E-state index in [4.69, 9.17) is 32.7 Å². The quantitative estimate of drug-likeness (QED) is 0.440. The number of hydrogen-bond acceptors (Lipinski definition) is 6. The fraction of sp³-hybridized carbons (Fsp3) is 0.227. The molecule has 3 rings (SSSR count). The Morgan fingerprint density at radius 3 is 2.56 bits per heavy atom. The van der Waals surface area contributed by atoms with Crippen LogP contribution in [0.1, 0.15) is 6.92 Å². The summed E-state index contributed by atoms with van der Waals surface area (Å²) in [4.78, 5) is 23.5. The van der Waals surface area contributed by atoms with E-state index in [1.807, 2.05) is 6.92 Å². The van der Waals surface area contributed by atoms with Crippen LogP contribution in [0.2, 0.25) is 10.0 Å². The summed E-state index contributed by atoms with van der Waals surface area (Å²) < 4.78 is 10.4. The van der Waals surface area contributed by atoms with E-state index >= 15 is 0 Å². The van der Waals surface area contributed by atoms with E-state index in [2.05, 4.69) is 20.6 Å². The molecule has 0 saturated carbocycles. The molecule has 0 spiro atoms. The van der Waals surface area contributed by atoms with Crippen molar-refractivity contribution in [3.05, 3.63) is 64.8 Å². The SMILES string of the molecule is COCC(C)Nc1nccc(N(C(=O)Nc2cccc(Cl)c2Cl)c2ccc(OC)cc2)n1. The maximum absolute atomic E-state index is 13.3. The maximum atomic E-state index is 13.3. The molecule has 2 aromatic carbocycles. The predicted molar refractivity (Wildman–Crippen MR) is 128 cm³/mol. The zero-order valence-corrected chi connectivity index (χ0v) is 19.3. The number of nitrogens with one attached hydrogen (secondary N) is 2. The molecule has 0 bridgehead atoms. The van der Waals surface area contributed by atoms with Crippen molar-refractivity contribution in [2.75, 3.05) is 36.4 Å². The summed E-state index contributed by atoms with van der Waals surface area (Å²) in [6.07, 6.45) is 1.57. The number of anilines is 4. The van der Waals surface area contributed by atoms with Gasteiger partial charge in [-0.3, -0.25) is 0 Å². The van der Waals surface area contributed by atoms with E-state index in [-0.39, 0.29) is 11.1 Å². The Hall–Kier alpha value is -3.07. The highest BCUT2D eigenvalue weighted by Crippen LogP contribution is 2.32. The van der Waals surface area contributed by atoms with Gasteiger partial charge in [-0.15, -0.1) is 0 Å². The van der Waals surface area contributed by atoms with Crippen molar-refractivity contribution in [1.82, 2.24) is 9.97 Å². The number of ether oxygens (including phenoxy) is 2. The van der Waals surface area contributed by atoms with Gasteiger partial charge in [0, 0.05) is 25.4 Å². The fourth-order valence-corrected chi connectivity index (χ4v) is 3.26. The zero-order chi connectivity index (χ0) is 23.1. The first kappa shape index (κ1) is 23.6. The van der Waals surface area contributed by atoms with E-state index in [9.17, 15) is 4.79 Å². The average molecular weight is 476 g/mol. The summed E-state index contributed by atoms with van der Waals surface area (Å²) in [7, 11) is 3.19. The number of hydrogen-bond donors (Lipinski definition) is 2. The number of amides is 2. The molecule has 32 heavy (non-hydrogen) atoms. The molecule has 168 valence electrons. The van der Waals surface area contributed by atoms with Gasteiger partial charge in [-0.2, -0.15) is 4.98 Å². The lowest BCUT2D eigenvalue weighted by molar-refractivity contribution is 0.190. The van der Waals surface area contributed by atoms with Crippen LogP contribution in [-0.4, -0.2) is 42.9 Å². The normalized spacial score (nSPS) is 11.5. The number of nitrogens with zero attached hydrogens (tertiary/aromatic N) is 3. The molecule has 2 N–H and O–H groups in total. The Balaban J connectivity index is 1.97. The number of benzene rings is 2. The molecule has 0 aliphatic rings. The van der Waals surface area contributed by atoms with Crippen molar-refractivity contribution in [2.24, 2.45) is 0 Å². The van der Waals surface area contributed by atoms with Crippen LogP contribution in [-0.2, 0) is 4.74 Å². The predicted octanol–water partition coefficient (Wildman–Crippen LogP) is 5.61. The van der Waals surface area contributed by atoms with Crippen LogP contribution in [0.25, 0.3) is 0 Å². The zero-order valence-electron chi connectivity index (χ0n) is 17.8. The average Bonchev–Trinajstić information content (AvgIpc) is 2.78. The molecule has 0 radical (unpaired) electrons. The molecule has 3 aromatic rings. The van der Waals surface area contributed by atoms with Crippen LogP contribution < -0.4 is 20.3 Å². The Bertz CT molecular complexity index is 1070. The molecule has 0 fully saturated rings. The van der Waals surface area contributed by atoms with Crippen molar-refractivity contribution in [1.29, 1.82) is 0 Å². The minimum Gasteiger partial charge on any atom is -0.497 e. The summed E-state index contributed by atoms with van der Waals surface area (Å²) in [6.45, 7) is 2.41. The highest BCUT2D eigenvalue weighted by molar-refractivity contribution is 6.44. The Morgan fingerprint density at radius 2 is 1.88 bits per heavy atom. The summed E-state index contributed by atoms with van der Waals surface area (Å²) in [6, 6.07) is 13.1. The Labute approximate surface area is 196 Å². The number of carbonyl (C=O) groups is 1. The second kappa shape index (κ2) is 11.0. The van der Waals surface area contributed by atoms with Crippen LogP contribution in [0.3, 0.4) is 0 Å². The monoisotopic (exact) mass is 475 g/mol. The molecule has 10 heteroatoms. The molecule has 1 atom stereocenters. The third-order valence-electron chi connectivity index (χ3n) is 4.39. The van der Waals surface area contributed by atoms with Crippen molar-refractivity contribution in [3.63, 3.8) is 0 Å². The number of rotatable bonds is 8. The van der Waals surface area contributed by atoms with Crippen molar-refractivity contribution < 1.29 is 14.3 Å². The number of methoxy groups -OCH3 is 2. The first-order valence-corrected chi connectivity index (χ1v) is 10.5. The lowest BCUT2D eigenvalue weighted by atomic mass is 10.2. The Morgan fingerprint density at radius 1 is 1.12 bits per heavy atom. The van der Waals surface area contributed by atoms with Crippen LogP contribution in [0.15, 0.2) is 54.7 Å².